The molecule has 0 radical (unpaired) electrons. The fourth-order valence-electron chi connectivity index (χ4n) is 3.10. The van der Waals surface area contributed by atoms with E-state index in [0.717, 1.165) is 38.3 Å². The predicted octanol–water partition coefficient (Wildman–Crippen LogP) is 1.89. The highest BCUT2D eigenvalue weighted by Gasteiger charge is 2.20. The number of hydrogen-bond donors (Lipinski definition) is 2. The number of anilines is 1. The number of rotatable bonds is 8. The van der Waals surface area contributed by atoms with Crippen molar-refractivity contribution < 1.29 is 9.59 Å². The van der Waals surface area contributed by atoms with Gasteiger partial charge in [0.05, 0.1) is 13.1 Å². The van der Waals surface area contributed by atoms with Crippen LogP contribution in [0.1, 0.15) is 38.7 Å². The second-order valence-electron chi connectivity index (χ2n) is 6.99. The molecular formula is C20H32N4O2. The minimum absolute atomic E-state index is 0.0125. The molecule has 0 aliphatic carbocycles. The number of amides is 2. The summed E-state index contributed by atoms with van der Waals surface area (Å²) in [5.74, 6) is 0.619. The van der Waals surface area contributed by atoms with Crippen molar-refractivity contribution in [1.82, 2.24) is 15.1 Å². The third-order valence-corrected chi connectivity index (χ3v) is 4.95. The van der Waals surface area contributed by atoms with Gasteiger partial charge in [0, 0.05) is 38.4 Å². The molecule has 6 heteroatoms. The molecule has 1 fully saturated rings. The van der Waals surface area contributed by atoms with Crippen molar-refractivity contribution in [3.63, 3.8) is 0 Å². The zero-order chi connectivity index (χ0) is 18.9. The lowest BCUT2D eigenvalue weighted by Crippen LogP contribution is -2.51. The van der Waals surface area contributed by atoms with Gasteiger partial charge in [-0.05, 0) is 37.0 Å². The van der Waals surface area contributed by atoms with Crippen LogP contribution in [0.3, 0.4) is 0 Å². The van der Waals surface area contributed by atoms with Crippen LogP contribution in [0.2, 0.25) is 0 Å². The number of likely N-dealkylation sites (N-methyl/N-ethyl adjacent to an activating group) is 1. The van der Waals surface area contributed by atoms with Crippen LogP contribution in [0, 0.1) is 0 Å². The Morgan fingerprint density at radius 3 is 2.00 bits per heavy atom. The summed E-state index contributed by atoms with van der Waals surface area (Å²) in [5.41, 5.74) is 2.14. The van der Waals surface area contributed by atoms with E-state index in [1.165, 1.54) is 5.56 Å². The van der Waals surface area contributed by atoms with Gasteiger partial charge in [0.15, 0.2) is 0 Å². The maximum absolute atomic E-state index is 12.3. The van der Waals surface area contributed by atoms with Gasteiger partial charge in [0.2, 0.25) is 11.8 Å². The van der Waals surface area contributed by atoms with E-state index < -0.39 is 0 Å². The van der Waals surface area contributed by atoms with Crippen LogP contribution in [0.4, 0.5) is 5.69 Å². The molecule has 6 nitrogen and oxygen atoms in total. The third kappa shape index (κ3) is 6.42. The third-order valence-electron chi connectivity index (χ3n) is 4.95. The highest BCUT2D eigenvalue weighted by molar-refractivity contribution is 5.92. The summed E-state index contributed by atoms with van der Waals surface area (Å²) >= 11 is 0. The molecule has 2 rings (SSSR count). The summed E-state index contributed by atoms with van der Waals surface area (Å²) in [4.78, 5) is 28.2. The van der Waals surface area contributed by atoms with E-state index in [0.29, 0.717) is 25.6 Å². The number of carbonyl (C=O) groups is 2. The largest absolute Gasteiger partial charge is 0.355 e. The lowest BCUT2D eigenvalue weighted by molar-refractivity contribution is -0.123. The van der Waals surface area contributed by atoms with Crippen LogP contribution in [-0.4, -0.2) is 67.4 Å². The maximum atomic E-state index is 12.3. The molecule has 144 valence electrons. The van der Waals surface area contributed by atoms with Crippen LogP contribution in [0.15, 0.2) is 24.3 Å². The molecular weight excluding hydrogens is 328 g/mol. The maximum Gasteiger partial charge on any atom is 0.238 e. The number of hydrogen-bond acceptors (Lipinski definition) is 4. The van der Waals surface area contributed by atoms with Gasteiger partial charge in [0.1, 0.15) is 0 Å². The summed E-state index contributed by atoms with van der Waals surface area (Å²) in [5, 5.41) is 5.79. The van der Waals surface area contributed by atoms with E-state index in [2.05, 4.69) is 46.4 Å². The zero-order valence-electron chi connectivity index (χ0n) is 16.3. The Bertz CT molecular complexity index is 580. The number of nitrogens with zero attached hydrogens (tertiary/aromatic N) is 2. The lowest BCUT2D eigenvalue weighted by Gasteiger charge is -2.33. The van der Waals surface area contributed by atoms with Crippen molar-refractivity contribution in [2.45, 2.75) is 33.1 Å². The number of nitrogens with one attached hydrogen (secondary N) is 2. The highest BCUT2D eigenvalue weighted by Crippen LogP contribution is 2.20. The van der Waals surface area contributed by atoms with Crippen molar-refractivity contribution >= 4 is 17.5 Å². The van der Waals surface area contributed by atoms with Crippen LogP contribution in [-0.2, 0) is 9.59 Å². The summed E-state index contributed by atoms with van der Waals surface area (Å²) in [7, 11) is 0. The molecule has 2 amide bonds. The Hall–Kier alpha value is -1.92. The fourth-order valence-corrected chi connectivity index (χ4v) is 3.10. The molecule has 0 aromatic heterocycles. The smallest absolute Gasteiger partial charge is 0.238 e. The van der Waals surface area contributed by atoms with Gasteiger partial charge in [-0.25, -0.2) is 0 Å². The van der Waals surface area contributed by atoms with Crippen LogP contribution in [0.25, 0.3) is 0 Å². The summed E-state index contributed by atoms with van der Waals surface area (Å²) in [6, 6.07) is 8.13. The molecule has 1 aromatic rings. The van der Waals surface area contributed by atoms with Gasteiger partial charge in [-0.15, -0.1) is 0 Å². The van der Waals surface area contributed by atoms with E-state index >= 15 is 0 Å². The molecule has 1 aliphatic heterocycles. The molecule has 1 aliphatic rings. The molecule has 0 saturated carbocycles. The molecule has 0 spiro atoms. The molecule has 1 atom stereocenters. The first-order chi connectivity index (χ1) is 12.5. The van der Waals surface area contributed by atoms with Crippen LogP contribution in [0.5, 0.6) is 0 Å². The quantitative estimate of drug-likeness (QED) is 0.743. The van der Waals surface area contributed by atoms with Gasteiger partial charge >= 0.3 is 0 Å². The lowest BCUT2D eigenvalue weighted by atomic mass is 9.99. The van der Waals surface area contributed by atoms with E-state index in [1.54, 1.807) is 0 Å². The second-order valence-corrected chi connectivity index (χ2v) is 6.99. The second kappa shape index (κ2) is 10.3. The van der Waals surface area contributed by atoms with E-state index in [4.69, 9.17) is 0 Å². The summed E-state index contributed by atoms with van der Waals surface area (Å²) < 4.78 is 0. The first-order valence-electron chi connectivity index (χ1n) is 9.63. The normalized spacial score (nSPS) is 16.9. The molecule has 2 N–H and O–H groups in total. The number of piperazine rings is 1. The van der Waals surface area contributed by atoms with Gasteiger partial charge in [0.25, 0.3) is 0 Å². The van der Waals surface area contributed by atoms with Crippen molar-refractivity contribution in [2.24, 2.45) is 0 Å². The van der Waals surface area contributed by atoms with Crippen LogP contribution < -0.4 is 10.6 Å². The van der Waals surface area contributed by atoms with Gasteiger partial charge < -0.3 is 10.6 Å². The minimum atomic E-state index is 0.0125. The fraction of sp³-hybridized carbons (Fsp3) is 0.600. The van der Waals surface area contributed by atoms with Crippen molar-refractivity contribution in [1.29, 1.82) is 0 Å². The zero-order valence-corrected chi connectivity index (χ0v) is 16.3. The molecule has 26 heavy (non-hydrogen) atoms. The molecule has 1 saturated heterocycles. The monoisotopic (exact) mass is 360 g/mol. The Labute approximate surface area is 156 Å². The van der Waals surface area contributed by atoms with E-state index in [1.807, 2.05) is 19.1 Å². The topological polar surface area (TPSA) is 64.7 Å². The molecule has 1 aromatic carbocycles. The van der Waals surface area contributed by atoms with E-state index in [9.17, 15) is 9.59 Å². The van der Waals surface area contributed by atoms with Crippen LogP contribution >= 0.6 is 0 Å². The Morgan fingerprint density at radius 2 is 1.50 bits per heavy atom. The first kappa shape index (κ1) is 20.4. The number of carbonyl (C=O) groups excluding carboxylic acids is 2. The molecule has 1 unspecified atom stereocenters. The average Bonchev–Trinajstić information content (AvgIpc) is 2.63. The highest BCUT2D eigenvalue weighted by atomic mass is 16.2. The van der Waals surface area contributed by atoms with Gasteiger partial charge in [-0.1, -0.05) is 26.0 Å². The number of benzene rings is 1. The predicted molar refractivity (Wildman–Crippen MR) is 105 cm³/mol. The van der Waals surface area contributed by atoms with Crippen molar-refractivity contribution in [3.05, 3.63) is 29.8 Å². The average molecular weight is 361 g/mol. The van der Waals surface area contributed by atoms with E-state index in [-0.39, 0.29) is 11.8 Å². The Morgan fingerprint density at radius 1 is 0.962 bits per heavy atom. The minimum Gasteiger partial charge on any atom is -0.355 e. The first-order valence-corrected chi connectivity index (χ1v) is 9.63. The SMILES string of the molecule is CCNC(=O)CN1CCN(CC(=O)Nc2ccc(C(C)CC)cc2)CC1. The van der Waals surface area contributed by atoms with Gasteiger partial charge in [-0.2, -0.15) is 0 Å². The Balaban J connectivity index is 1.73. The summed E-state index contributed by atoms with van der Waals surface area (Å²) in [6.45, 7) is 11.0. The molecule has 0 bridgehead atoms. The van der Waals surface area contributed by atoms with Crippen molar-refractivity contribution in [3.8, 4) is 0 Å². The standard InChI is InChI=1S/C20H32N4O2/c1-4-16(3)17-6-8-18(9-7-17)22-20(26)15-24-12-10-23(11-13-24)14-19(25)21-5-2/h6-9,16H,4-5,10-15H2,1-3H3,(H,21,25)(H,22,26). The molecule has 1 heterocycles. The van der Waals surface area contributed by atoms with Gasteiger partial charge in [-0.3, -0.25) is 19.4 Å². The summed E-state index contributed by atoms with van der Waals surface area (Å²) in [6.07, 6.45) is 1.11. The van der Waals surface area contributed by atoms with Crippen molar-refractivity contribution in [2.75, 3.05) is 51.1 Å². The Kier molecular flexibility index (Phi) is 8.06.